The van der Waals surface area contributed by atoms with Crippen LogP contribution in [0.15, 0.2) is 15.4 Å². The molecule has 8 heteroatoms. The van der Waals surface area contributed by atoms with Gasteiger partial charge in [-0.05, 0) is 32.7 Å². The molecule has 128 valence electrons. The maximum atomic E-state index is 12.7. The van der Waals surface area contributed by atoms with Crippen LogP contribution >= 0.6 is 0 Å². The first kappa shape index (κ1) is 16.5. The Hall–Kier alpha value is -1.38. The first-order valence-corrected chi connectivity index (χ1v) is 9.55. The molecule has 7 nitrogen and oxygen atoms in total. The zero-order valence-electron chi connectivity index (χ0n) is 13.4. The van der Waals surface area contributed by atoms with Gasteiger partial charge in [-0.15, -0.1) is 0 Å². The summed E-state index contributed by atoms with van der Waals surface area (Å²) in [5, 5.41) is 3.23. The first-order valence-electron chi connectivity index (χ1n) is 8.11. The smallest absolute Gasteiger partial charge is 0.289 e. The molecule has 0 radical (unpaired) electrons. The maximum Gasteiger partial charge on any atom is 0.289 e. The molecule has 1 aromatic heterocycles. The Morgan fingerprint density at radius 3 is 2.61 bits per heavy atom. The van der Waals surface area contributed by atoms with E-state index < -0.39 is 10.0 Å². The van der Waals surface area contributed by atoms with E-state index in [2.05, 4.69) is 5.32 Å². The van der Waals surface area contributed by atoms with Crippen molar-refractivity contribution in [3.63, 3.8) is 0 Å². The topological polar surface area (TPSA) is 82.9 Å². The van der Waals surface area contributed by atoms with Gasteiger partial charge in [-0.1, -0.05) is 0 Å². The van der Waals surface area contributed by atoms with Crippen LogP contribution in [0.4, 0.5) is 0 Å². The van der Waals surface area contributed by atoms with Crippen molar-refractivity contribution in [1.29, 1.82) is 0 Å². The van der Waals surface area contributed by atoms with Crippen molar-refractivity contribution in [3.05, 3.63) is 17.6 Å². The number of aryl methyl sites for hydroxylation is 1. The summed E-state index contributed by atoms with van der Waals surface area (Å²) in [6.45, 7) is 5.55. The van der Waals surface area contributed by atoms with E-state index in [1.807, 2.05) is 0 Å². The van der Waals surface area contributed by atoms with E-state index in [0.29, 0.717) is 26.2 Å². The maximum absolute atomic E-state index is 12.7. The molecule has 0 spiro atoms. The SMILES string of the molecule is Cc1oc(C(=O)N2CCCNCC2)cc1S(=O)(=O)N1CCCC1. The number of nitrogens with zero attached hydrogens (tertiary/aromatic N) is 2. The second-order valence-electron chi connectivity index (χ2n) is 6.04. The highest BCUT2D eigenvalue weighted by Gasteiger charge is 2.32. The predicted molar refractivity (Wildman–Crippen MR) is 84.8 cm³/mol. The molecule has 1 N–H and O–H groups in total. The largest absolute Gasteiger partial charge is 0.455 e. The van der Waals surface area contributed by atoms with Crippen LogP contribution in [0, 0.1) is 6.92 Å². The molecule has 2 aliphatic heterocycles. The summed E-state index contributed by atoms with van der Waals surface area (Å²) in [5.41, 5.74) is 0. The summed E-state index contributed by atoms with van der Waals surface area (Å²) in [4.78, 5) is 14.4. The van der Waals surface area contributed by atoms with Crippen LogP contribution in [0.25, 0.3) is 0 Å². The number of carbonyl (C=O) groups excluding carboxylic acids is 1. The number of furan rings is 1. The number of sulfonamides is 1. The van der Waals surface area contributed by atoms with Gasteiger partial charge in [0.05, 0.1) is 0 Å². The second kappa shape index (κ2) is 6.62. The third-order valence-electron chi connectivity index (χ3n) is 4.39. The average Bonchev–Trinajstić information content (AvgIpc) is 3.11. The third kappa shape index (κ3) is 3.29. The number of hydrogen-bond donors (Lipinski definition) is 1. The Labute approximate surface area is 136 Å². The molecule has 3 heterocycles. The number of carbonyl (C=O) groups is 1. The molecule has 0 atom stereocenters. The highest BCUT2D eigenvalue weighted by Crippen LogP contribution is 2.27. The monoisotopic (exact) mass is 341 g/mol. The first-order chi connectivity index (χ1) is 11.0. The van der Waals surface area contributed by atoms with Crippen molar-refractivity contribution in [2.24, 2.45) is 0 Å². The summed E-state index contributed by atoms with van der Waals surface area (Å²) in [6, 6.07) is 1.39. The van der Waals surface area contributed by atoms with Crippen molar-refractivity contribution in [2.45, 2.75) is 31.1 Å². The zero-order chi connectivity index (χ0) is 16.4. The van der Waals surface area contributed by atoms with Crippen molar-refractivity contribution < 1.29 is 17.6 Å². The van der Waals surface area contributed by atoms with E-state index in [4.69, 9.17) is 4.42 Å². The molecule has 0 aromatic carbocycles. The highest BCUT2D eigenvalue weighted by molar-refractivity contribution is 7.89. The minimum absolute atomic E-state index is 0.113. The Morgan fingerprint density at radius 2 is 1.87 bits per heavy atom. The standard InChI is InChI=1S/C15H23N3O4S/c1-12-14(23(20,21)18-8-2-3-9-18)11-13(22-12)15(19)17-7-4-5-16-6-10-17/h11,16H,2-10H2,1H3. The second-order valence-corrected chi connectivity index (χ2v) is 7.94. The Kier molecular flexibility index (Phi) is 4.74. The summed E-state index contributed by atoms with van der Waals surface area (Å²) in [7, 11) is -3.56. The van der Waals surface area contributed by atoms with Gasteiger partial charge in [0.25, 0.3) is 5.91 Å². The fourth-order valence-electron chi connectivity index (χ4n) is 3.10. The van der Waals surface area contributed by atoms with Gasteiger partial charge in [-0.25, -0.2) is 8.42 Å². The van der Waals surface area contributed by atoms with E-state index in [1.54, 1.807) is 11.8 Å². The fourth-order valence-corrected chi connectivity index (χ4v) is 4.78. The normalized spacial score (nSPS) is 20.7. The number of hydrogen-bond acceptors (Lipinski definition) is 5. The third-order valence-corrected chi connectivity index (χ3v) is 6.40. The molecule has 0 unspecified atom stereocenters. The van der Waals surface area contributed by atoms with E-state index >= 15 is 0 Å². The van der Waals surface area contributed by atoms with Crippen LogP contribution in [-0.4, -0.2) is 62.8 Å². The van der Waals surface area contributed by atoms with Gasteiger partial charge in [-0.3, -0.25) is 4.79 Å². The lowest BCUT2D eigenvalue weighted by atomic mass is 10.3. The summed E-state index contributed by atoms with van der Waals surface area (Å²) in [6.07, 6.45) is 2.63. The van der Waals surface area contributed by atoms with Gasteiger partial charge >= 0.3 is 0 Å². The van der Waals surface area contributed by atoms with Crippen molar-refractivity contribution >= 4 is 15.9 Å². The zero-order valence-corrected chi connectivity index (χ0v) is 14.2. The van der Waals surface area contributed by atoms with Crippen LogP contribution in [0.2, 0.25) is 0 Å². The lowest BCUT2D eigenvalue weighted by molar-refractivity contribution is 0.0733. The minimum atomic E-state index is -3.56. The fraction of sp³-hybridized carbons (Fsp3) is 0.667. The van der Waals surface area contributed by atoms with Gasteiger partial charge in [0.1, 0.15) is 10.7 Å². The van der Waals surface area contributed by atoms with Gasteiger partial charge in [-0.2, -0.15) is 4.31 Å². The van der Waals surface area contributed by atoms with Crippen LogP contribution in [0.1, 0.15) is 35.6 Å². The molecule has 2 aliphatic rings. The quantitative estimate of drug-likeness (QED) is 0.880. The Morgan fingerprint density at radius 1 is 1.13 bits per heavy atom. The summed E-state index contributed by atoms with van der Waals surface area (Å²) < 4.78 is 32.3. The van der Waals surface area contributed by atoms with Gasteiger partial charge in [0.2, 0.25) is 10.0 Å². The van der Waals surface area contributed by atoms with E-state index in [0.717, 1.165) is 32.4 Å². The van der Waals surface area contributed by atoms with Crippen LogP contribution in [-0.2, 0) is 10.0 Å². The lowest BCUT2D eigenvalue weighted by Gasteiger charge is -2.18. The van der Waals surface area contributed by atoms with Gasteiger partial charge in [0, 0.05) is 38.8 Å². The number of nitrogens with one attached hydrogen (secondary N) is 1. The lowest BCUT2D eigenvalue weighted by Crippen LogP contribution is -2.34. The number of rotatable bonds is 3. The summed E-state index contributed by atoms with van der Waals surface area (Å²) in [5.74, 6) is 0.162. The van der Waals surface area contributed by atoms with E-state index in [1.165, 1.54) is 10.4 Å². The molecule has 2 saturated heterocycles. The van der Waals surface area contributed by atoms with Crippen LogP contribution < -0.4 is 5.32 Å². The molecule has 1 amide bonds. The Balaban J connectivity index is 1.84. The molecule has 0 saturated carbocycles. The van der Waals surface area contributed by atoms with Gasteiger partial charge < -0.3 is 14.6 Å². The molecule has 1 aromatic rings. The summed E-state index contributed by atoms with van der Waals surface area (Å²) >= 11 is 0. The van der Waals surface area contributed by atoms with E-state index in [9.17, 15) is 13.2 Å². The molecule has 3 rings (SSSR count). The van der Waals surface area contributed by atoms with Crippen molar-refractivity contribution in [3.8, 4) is 0 Å². The van der Waals surface area contributed by atoms with Gasteiger partial charge in [0.15, 0.2) is 5.76 Å². The number of amides is 1. The van der Waals surface area contributed by atoms with Crippen LogP contribution in [0.5, 0.6) is 0 Å². The molecular weight excluding hydrogens is 318 g/mol. The minimum Gasteiger partial charge on any atom is -0.455 e. The van der Waals surface area contributed by atoms with Crippen molar-refractivity contribution in [1.82, 2.24) is 14.5 Å². The van der Waals surface area contributed by atoms with Crippen molar-refractivity contribution in [2.75, 3.05) is 39.3 Å². The van der Waals surface area contributed by atoms with Crippen LogP contribution in [0.3, 0.4) is 0 Å². The molecular formula is C15H23N3O4S. The molecule has 23 heavy (non-hydrogen) atoms. The van der Waals surface area contributed by atoms with E-state index in [-0.39, 0.29) is 22.3 Å². The molecule has 0 aliphatic carbocycles. The highest BCUT2D eigenvalue weighted by atomic mass is 32.2. The molecule has 0 bridgehead atoms. The molecule has 2 fully saturated rings. The average molecular weight is 341 g/mol. The predicted octanol–water partition coefficient (Wildman–Crippen LogP) is 0.808. The Bertz CT molecular complexity index is 669.